The molecule has 0 radical (unpaired) electrons. The standard InChI is InChI=1S/C25H27F3N2O2/c1-25(2,32)7-8-29-24(31)16-9-14(10-16)11-19-20-12-18(27)13-21(28)23(20)30-22(19)15-3-5-17(26)6-4-15/h3-6,12-14,16,30,32H,7-11H2,1-2H3,(H,29,31). The number of carbonyl (C=O) groups is 1. The maximum absolute atomic E-state index is 14.4. The van der Waals surface area contributed by atoms with Crippen molar-refractivity contribution in [2.45, 2.75) is 45.1 Å². The molecule has 1 saturated carbocycles. The molecule has 0 atom stereocenters. The molecule has 0 unspecified atom stereocenters. The van der Waals surface area contributed by atoms with Gasteiger partial charge < -0.3 is 15.4 Å². The fourth-order valence-electron chi connectivity index (χ4n) is 4.39. The third kappa shape index (κ3) is 4.83. The molecule has 0 bridgehead atoms. The summed E-state index contributed by atoms with van der Waals surface area (Å²) in [4.78, 5) is 15.4. The molecule has 3 N–H and O–H groups in total. The summed E-state index contributed by atoms with van der Waals surface area (Å²) >= 11 is 0. The van der Waals surface area contributed by atoms with Gasteiger partial charge in [-0.15, -0.1) is 0 Å². The summed E-state index contributed by atoms with van der Waals surface area (Å²) in [7, 11) is 0. The Balaban J connectivity index is 1.51. The first kappa shape index (κ1) is 22.4. The van der Waals surface area contributed by atoms with Gasteiger partial charge in [0.15, 0.2) is 0 Å². The number of carbonyl (C=O) groups excluding carboxylic acids is 1. The number of aromatic nitrogens is 1. The molecule has 4 rings (SSSR count). The smallest absolute Gasteiger partial charge is 0.223 e. The van der Waals surface area contributed by atoms with Gasteiger partial charge in [0.1, 0.15) is 17.5 Å². The summed E-state index contributed by atoms with van der Waals surface area (Å²) < 4.78 is 41.8. The quantitative estimate of drug-likeness (QED) is 0.475. The van der Waals surface area contributed by atoms with Crippen LogP contribution in [0.15, 0.2) is 36.4 Å². The highest BCUT2D eigenvalue weighted by Crippen LogP contribution is 2.41. The van der Waals surface area contributed by atoms with Crippen LogP contribution in [0.25, 0.3) is 22.2 Å². The average Bonchev–Trinajstić information content (AvgIpc) is 3.02. The number of aromatic amines is 1. The Morgan fingerprint density at radius 3 is 2.47 bits per heavy atom. The molecule has 32 heavy (non-hydrogen) atoms. The summed E-state index contributed by atoms with van der Waals surface area (Å²) in [6.45, 7) is 3.81. The average molecular weight is 444 g/mol. The first-order chi connectivity index (χ1) is 15.1. The van der Waals surface area contributed by atoms with Crippen molar-refractivity contribution in [3.63, 3.8) is 0 Å². The molecule has 1 aliphatic carbocycles. The minimum Gasteiger partial charge on any atom is -0.390 e. The number of hydrogen-bond acceptors (Lipinski definition) is 2. The fraction of sp³-hybridized carbons (Fsp3) is 0.400. The van der Waals surface area contributed by atoms with Crippen LogP contribution >= 0.6 is 0 Å². The fourth-order valence-corrected chi connectivity index (χ4v) is 4.39. The van der Waals surface area contributed by atoms with Crippen LogP contribution in [0.2, 0.25) is 0 Å². The Morgan fingerprint density at radius 1 is 1.12 bits per heavy atom. The van der Waals surface area contributed by atoms with Crippen LogP contribution in [-0.4, -0.2) is 28.1 Å². The zero-order chi connectivity index (χ0) is 23.0. The van der Waals surface area contributed by atoms with Gasteiger partial charge in [-0.25, -0.2) is 13.2 Å². The van der Waals surface area contributed by atoms with Crippen molar-refractivity contribution in [3.05, 3.63) is 59.4 Å². The van der Waals surface area contributed by atoms with Crippen molar-refractivity contribution in [2.24, 2.45) is 11.8 Å². The number of benzene rings is 2. The molecule has 0 aliphatic heterocycles. The largest absolute Gasteiger partial charge is 0.390 e. The van der Waals surface area contributed by atoms with E-state index in [0.717, 1.165) is 11.6 Å². The lowest BCUT2D eigenvalue weighted by Crippen LogP contribution is -2.41. The van der Waals surface area contributed by atoms with Crippen LogP contribution in [0.4, 0.5) is 13.2 Å². The molecule has 0 saturated heterocycles. The molecule has 4 nitrogen and oxygen atoms in total. The Hall–Kier alpha value is -2.80. The molecule has 0 spiro atoms. The molecule has 170 valence electrons. The van der Waals surface area contributed by atoms with E-state index >= 15 is 0 Å². The summed E-state index contributed by atoms with van der Waals surface area (Å²) in [5, 5.41) is 13.1. The molecule has 7 heteroatoms. The Morgan fingerprint density at radius 2 is 1.81 bits per heavy atom. The summed E-state index contributed by atoms with van der Waals surface area (Å²) in [6, 6.07) is 8.04. The molecule has 1 heterocycles. The lowest BCUT2D eigenvalue weighted by Gasteiger charge is -2.34. The van der Waals surface area contributed by atoms with Gasteiger partial charge in [-0.1, -0.05) is 0 Å². The molecular formula is C25H27F3N2O2. The van der Waals surface area contributed by atoms with E-state index in [1.165, 1.54) is 18.2 Å². The van der Waals surface area contributed by atoms with E-state index < -0.39 is 17.2 Å². The third-order valence-electron chi connectivity index (χ3n) is 6.20. The van der Waals surface area contributed by atoms with Crippen LogP contribution < -0.4 is 5.32 Å². The highest BCUT2D eigenvalue weighted by Gasteiger charge is 2.35. The number of H-pyrrole nitrogens is 1. The van der Waals surface area contributed by atoms with Crippen LogP contribution in [0.1, 0.15) is 38.7 Å². The van der Waals surface area contributed by atoms with Gasteiger partial charge in [-0.2, -0.15) is 0 Å². The van der Waals surface area contributed by atoms with Gasteiger partial charge in [-0.3, -0.25) is 4.79 Å². The van der Waals surface area contributed by atoms with E-state index in [9.17, 15) is 23.1 Å². The topological polar surface area (TPSA) is 65.1 Å². The summed E-state index contributed by atoms with van der Waals surface area (Å²) in [5.41, 5.74) is 1.50. The lowest BCUT2D eigenvalue weighted by molar-refractivity contribution is -0.129. The Kier molecular flexibility index (Phi) is 6.03. The van der Waals surface area contributed by atoms with Crippen molar-refractivity contribution in [2.75, 3.05) is 6.54 Å². The number of nitrogens with one attached hydrogen (secondary N) is 2. The first-order valence-corrected chi connectivity index (χ1v) is 10.9. The van der Waals surface area contributed by atoms with Gasteiger partial charge in [0.2, 0.25) is 5.91 Å². The first-order valence-electron chi connectivity index (χ1n) is 10.9. The van der Waals surface area contributed by atoms with E-state index in [0.29, 0.717) is 48.9 Å². The van der Waals surface area contributed by atoms with Crippen molar-refractivity contribution in [1.82, 2.24) is 10.3 Å². The Labute approximate surface area is 184 Å². The molecule has 3 aromatic rings. The van der Waals surface area contributed by atoms with Crippen LogP contribution in [-0.2, 0) is 11.2 Å². The predicted octanol–water partition coefficient (Wildman–Crippen LogP) is 5.10. The predicted molar refractivity (Wildman–Crippen MR) is 117 cm³/mol. The van der Waals surface area contributed by atoms with Crippen molar-refractivity contribution < 1.29 is 23.1 Å². The van der Waals surface area contributed by atoms with Crippen LogP contribution in [0.3, 0.4) is 0 Å². The van der Waals surface area contributed by atoms with E-state index in [1.54, 1.807) is 26.0 Å². The number of amides is 1. The maximum atomic E-state index is 14.4. The van der Waals surface area contributed by atoms with E-state index in [2.05, 4.69) is 10.3 Å². The zero-order valence-electron chi connectivity index (χ0n) is 18.1. The monoisotopic (exact) mass is 444 g/mol. The molecule has 1 fully saturated rings. The minimum absolute atomic E-state index is 0.0275. The second-order valence-electron chi connectivity index (χ2n) is 9.39. The molecule has 1 amide bonds. The molecule has 1 aromatic heterocycles. The highest BCUT2D eigenvalue weighted by atomic mass is 19.1. The zero-order valence-corrected chi connectivity index (χ0v) is 18.1. The van der Waals surface area contributed by atoms with Crippen molar-refractivity contribution in [3.8, 4) is 11.3 Å². The highest BCUT2D eigenvalue weighted by molar-refractivity contribution is 5.91. The molecule has 2 aromatic carbocycles. The van der Waals surface area contributed by atoms with Crippen molar-refractivity contribution in [1.29, 1.82) is 0 Å². The van der Waals surface area contributed by atoms with Gasteiger partial charge in [-0.05, 0) is 86.9 Å². The van der Waals surface area contributed by atoms with Gasteiger partial charge in [0.05, 0.1) is 11.1 Å². The van der Waals surface area contributed by atoms with Crippen LogP contribution in [0.5, 0.6) is 0 Å². The number of hydrogen-bond donors (Lipinski definition) is 3. The SMILES string of the molecule is CC(C)(O)CCNC(=O)C1CC(Cc2c(-c3ccc(F)cc3)[nH]c3c(F)cc(F)cc23)C1. The number of halogens is 3. The van der Waals surface area contributed by atoms with E-state index in [4.69, 9.17) is 0 Å². The summed E-state index contributed by atoms with van der Waals surface area (Å²) in [5.74, 6) is -1.63. The molecular weight excluding hydrogens is 417 g/mol. The van der Waals surface area contributed by atoms with Gasteiger partial charge in [0.25, 0.3) is 0 Å². The lowest BCUT2D eigenvalue weighted by atomic mass is 9.71. The number of aliphatic hydroxyl groups is 1. The Bertz CT molecular complexity index is 1130. The molecule has 1 aliphatic rings. The van der Waals surface area contributed by atoms with E-state index in [1.807, 2.05) is 0 Å². The maximum Gasteiger partial charge on any atom is 0.223 e. The van der Waals surface area contributed by atoms with E-state index in [-0.39, 0.29) is 29.1 Å². The minimum atomic E-state index is -0.827. The number of rotatable bonds is 7. The van der Waals surface area contributed by atoms with Crippen LogP contribution in [0, 0.1) is 29.3 Å². The van der Waals surface area contributed by atoms with Gasteiger partial charge >= 0.3 is 0 Å². The van der Waals surface area contributed by atoms with Crippen molar-refractivity contribution >= 4 is 16.8 Å². The van der Waals surface area contributed by atoms with Gasteiger partial charge in [0, 0.05) is 29.6 Å². The second kappa shape index (κ2) is 8.62. The third-order valence-corrected chi connectivity index (χ3v) is 6.20. The second-order valence-corrected chi connectivity index (χ2v) is 9.39. The summed E-state index contributed by atoms with van der Waals surface area (Å²) in [6.07, 6.45) is 2.40. The normalized spacial score (nSPS) is 18.6. The number of fused-ring (bicyclic) bond motifs is 1.